The number of benzene rings is 2. The van der Waals surface area contributed by atoms with Crippen molar-refractivity contribution >= 4 is 17.6 Å². The Labute approximate surface area is 285 Å². The van der Waals surface area contributed by atoms with E-state index in [9.17, 15) is 14.7 Å². The lowest BCUT2D eigenvalue weighted by Crippen LogP contribution is -2.47. The monoisotopic (exact) mass is 666 g/mol. The fourth-order valence-corrected chi connectivity index (χ4v) is 6.79. The fourth-order valence-electron chi connectivity index (χ4n) is 6.79. The average Bonchev–Trinajstić information content (AvgIpc) is 3.54. The first-order chi connectivity index (χ1) is 23.2. The van der Waals surface area contributed by atoms with Crippen molar-refractivity contribution in [3.63, 3.8) is 0 Å². The number of likely N-dealkylation sites (N-methyl/N-ethyl adjacent to an activating group) is 1. The molecule has 264 valence electrons. The van der Waals surface area contributed by atoms with Crippen LogP contribution in [-0.4, -0.2) is 91.3 Å². The molecule has 3 amide bonds. The normalized spacial score (nSPS) is 23.2. The van der Waals surface area contributed by atoms with E-state index >= 15 is 0 Å². The van der Waals surface area contributed by atoms with E-state index in [4.69, 9.17) is 18.9 Å². The average molecular weight is 667 g/mol. The van der Waals surface area contributed by atoms with E-state index in [1.165, 1.54) is 6.42 Å². The van der Waals surface area contributed by atoms with Gasteiger partial charge in [0.05, 0.1) is 30.4 Å². The highest BCUT2D eigenvalue weighted by atomic mass is 16.7. The molecule has 0 bridgehead atoms. The number of aliphatic hydroxyl groups excluding tert-OH is 1. The van der Waals surface area contributed by atoms with Crippen LogP contribution < -0.4 is 24.8 Å². The molecule has 0 radical (unpaired) electrons. The molecule has 2 heterocycles. The van der Waals surface area contributed by atoms with Crippen LogP contribution in [0.5, 0.6) is 17.2 Å². The predicted octanol–water partition coefficient (Wildman–Crippen LogP) is 5.80. The van der Waals surface area contributed by atoms with Gasteiger partial charge >= 0.3 is 6.03 Å². The van der Waals surface area contributed by atoms with E-state index in [0.717, 1.165) is 62.0 Å². The molecule has 3 N–H and O–H groups in total. The Morgan fingerprint density at radius 2 is 1.75 bits per heavy atom. The highest BCUT2D eigenvalue weighted by Crippen LogP contribution is 2.33. The number of rotatable bonds is 8. The van der Waals surface area contributed by atoms with Gasteiger partial charge in [-0.15, -0.1) is 0 Å². The van der Waals surface area contributed by atoms with Gasteiger partial charge in [0.1, 0.15) is 5.75 Å². The Morgan fingerprint density at radius 1 is 1.00 bits per heavy atom. The van der Waals surface area contributed by atoms with Crippen molar-refractivity contribution in [1.82, 2.24) is 15.1 Å². The van der Waals surface area contributed by atoms with Crippen LogP contribution in [0.4, 0.5) is 10.5 Å². The Bertz CT molecular complexity index is 1370. The summed E-state index contributed by atoms with van der Waals surface area (Å²) in [6.45, 7) is 8.34. The maximum Gasteiger partial charge on any atom is 0.319 e. The van der Waals surface area contributed by atoms with Crippen molar-refractivity contribution < 1.29 is 33.6 Å². The summed E-state index contributed by atoms with van der Waals surface area (Å²) >= 11 is 0. The van der Waals surface area contributed by atoms with Gasteiger partial charge < -0.3 is 39.6 Å². The molecule has 1 aliphatic carbocycles. The van der Waals surface area contributed by atoms with E-state index in [1.54, 1.807) is 23.1 Å². The number of nitrogens with one attached hydrogen (secondary N) is 2. The molecular formula is C37H54N4O7. The second-order valence-corrected chi connectivity index (χ2v) is 13.8. The quantitative estimate of drug-likeness (QED) is 0.324. The van der Waals surface area contributed by atoms with E-state index in [2.05, 4.69) is 35.6 Å². The van der Waals surface area contributed by atoms with Crippen molar-refractivity contribution in [2.45, 2.75) is 103 Å². The fraction of sp³-hybridized carbons (Fsp3) is 0.622. The highest BCUT2D eigenvalue weighted by molar-refractivity contribution is 5.99. The lowest BCUT2D eigenvalue weighted by atomic mass is 9.96. The van der Waals surface area contributed by atoms with Crippen molar-refractivity contribution in [2.24, 2.45) is 5.92 Å². The number of nitrogens with zero attached hydrogens (tertiary/aromatic N) is 2. The molecule has 1 fully saturated rings. The molecule has 11 nitrogen and oxygen atoms in total. The number of hydrogen-bond acceptors (Lipinski definition) is 8. The van der Waals surface area contributed by atoms with Gasteiger partial charge in [-0.25, -0.2) is 4.79 Å². The van der Waals surface area contributed by atoms with Gasteiger partial charge in [0.2, 0.25) is 6.79 Å². The minimum absolute atomic E-state index is 0.0454. The Hall–Kier alpha value is -3.54. The molecule has 0 spiro atoms. The molecule has 4 atom stereocenters. The van der Waals surface area contributed by atoms with Crippen molar-refractivity contribution in [1.29, 1.82) is 0 Å². The van der Waals surface area contributed by atoms with Gasteiger partial charge in [0, 0.05) is 43.9 Å². The van der Waals surface area contributed by atoms with Gasteiger partial charge in [0.15, 0.2) is 11.5 Å². The maximum atomic E-state index is 14.4. The predicted molar refractivity (Wildman–Crippen MR) is 185 cm³/mol. The number of carbonyl (C=O) groups is 2. The van der Waals surface area contributed by atoms with Gasteiger partial charge in [-0.2, -0.15) is 0 Å². The van der Waals surface area contributed by atoms with E-state index < -0.39 is 6.04 Å². The molecule has 3 aliphatic rings. The summed E-state index contributed by atoms with van der Waals surface area (Å²) < 4.78 is 23.9. The Balaban J connectivity index is 1.34. The third kappa shape index (κ3) is 9.76. The molecule has 5 rings (SSSR count). The van der Waals surface area contributed by atoms with E-state index in [0.29, 0.717) is 43.2 Å². The Morgan fingerprint density at radius 3 is 2.54 bits per heavy atom. The number of anilines is 1. The third-order valence-electron chi connectivity index (χ3n) is 9.63. The van der Waals surface area contributed by atoms with Crippen molar-refractivity contribution in [2.75, 3.05) is 45.5 Å². The Kier molecular flexibility index (Phi) is 12.8. The molecule has 48 heavy (non-hydrogen) atoms. The second-order valence-electron chi connectivity index (χ2n) is 13.8. The summed E-state index contributed by atoms with van der Waals surface area (Å²) in [6.07, 6.45) is 7.74. The molecule has 0 aromatic heterocycles. The van der Waals surface area contributed by atoms with Crippen molar-refractivity contribution in [3.05, 3.63) is 47.5 Å². The van der Waals surface area contributed by atoms with Crippen LogP contribution in [0.3, 0.4) is 0 Å². The summed E-state index contributed by atoms with van der Waals surface area (Å²) in [6, 6.07) is 10.7. The topological polar surface area (TPSA) is 122 Å². The molecule has 2 aromatic carbocycles. The number of aliphatic hydroxyl groups is 1. The summed E-state index contributed by atoms with van der Waals surface area (Å²) in [5.41, 5.74) is 1.99. The van der Waals surface area contributed by atoms with Crippen LogP contribution in [0.25, 0.3) is 0 Å². The molecule has 2 aliphatic heterocycles. The molecule has 0 unspecified atom stereocenters. The molecule has 2 aromatic rings. The van der Waals surface area contributed by atoms with Gasteiger partial charge in [-0.1, -0.05) is 32.3 Å². The second kappa shape index (κ2) is 17.2. The number of carbonyl (C=O) groups excluding carboxylic acids is 2. The summed E-state index contributed by atoms with van der Waals surface area (Å²) in [4.78, 5) is 31.2. The first-order valence-electron chi connectivity index (χ1n) is 17.7. The van der Waals surface area contributed by atoms with Crippen LogP contribution in [0.15, 0.2) is 36.4 Å². The molecule has 11 heteroatoms. The SMILES string of the molecule is C[C@@H]1CCCCO[C@H](CN(C)Cc2ccc3c(c2)OCO3)[C@H](C)CN([C@H](C)CO)C(=O)c2cc(NC(=O)NC3CCCCC3)ccc2O1. The molecular weight excluding hydrogens is 612 g/mol. The maximum absolute atomic E-state index is 14.4. The molecule has 1 saturated carbocycles. The van der Waals surface area contributed by atoms with Gasteiger partial charge in [-0.3, -0.25) is 9.69 Å². The minimum atomic E-state index is -0.448. The number of urea groups is 1. The van der Waals surface area contributed by atoms with Crippen LogP contribution in [-0.2, 0) is 11.3 Å². The van der Waals surface area contributed by atoms with Crippen LogP contribution in [0, 0.1) is 5.92 Å². The zero-order valence-corrected chi connectivity index (χ0v) is 29.0. The summed E-state index contributed by atoms with van der Waals surface area (Å²) in [5, 5.41) is 16.3. The van der Waals surface area contributed by atoms with Crippen LogP contribution >= 0.6 is 0 Å². The van der Waals surface area contributed by atoms with Crippen LogP contribution in [0.1, 0.15) is 88.1 Å². The lowest BCUT2D eigenvalue weighted by Gasteiger charge is -2.36. The minimum Gasteiger partial charge on any atom is -0.490 e. The lowest BCUT2D eigenvalue weighted by molar-refractivity contribution is -0.0177. The number of fused-ring (bicyclic) bond motifs is 2. The zero-order valence-electron chi connectivity index (χ0n) is 29.0. The number of hydrogen-bond donors (Lipinski definition) is 3. The summed E-state index contributed by atoms with van der Waals surface area (Å²) in [5.74, 6) is 1.70. The van der Waals surface area contributed by atoms with E-state index in [-0.39, 0.29) is 49.5 Å². The number of amides is 3. The third-order valence-corrected chi connectivity index (χ3v) is 9.63. The van der Waals surface area contributed by atoms with Crippen molar-refractivity contribution in [3.8, 4) is 17.2 Å². The molecule has 0 saturated heterocycles. The smallest absolute Gasteiger partial charge is 0.319 e. The summed E-state index contributed by atoms with van der Waals surface area (Å²) in [7, 11) is 2.07. The van der Waals surface area contributed by atoms with Crippen LogP contribution in [0.2, 0.25) is 0 Å². The van der Waals surface area contributed by atoms with E-state index in [1.807, 2.05) is 26.0 Å². The van der Waals surface area contributed by atoms with Gasteiger partial charge in [0.25, 0.3) is 5.91 Å². The highest BCUT2D eigenvalue weighted by Gasteiger charge is 2.31. The largest absolute Gasteiger partial charge is 0.490 e. The zero-order chi connectivity index (χ0) is 34.0. The van der Waals surface area contributed by atoms with Gasteiger partial charge in [-0.05, 0) is 88.9 Å². The first kappa shape index (κ1) is 35.8. The first-order valence-corrected chi connectivity index (χ1v) is 17.7. The standard InChI is InChI=1S/C37H54N4O7/c1-25-20-41(26(2)23-42)36(43)31-19-30(39-37(44)38-29-11-6-5-7-12-29)14-16-32(31)48-27(3)10-8-9-17-45-35(25)22-40(4)21-28-13-15-33-34(18-28)47-24-46-33/h13-16,18-19,25-27,29,35,42H,5-12,17,20-24H2,1-4H3,(H2,38,39,44)/t25-,26-,27-,35-/m1/s1. The number of ether oxygens (including phenoxy) is 4.